The molecule has 0 atom stereocenters. The number of nitro groups is 1. The number of benzene rings is 2. The van der Waals surface area contributed by atoms with Crippen LogP contribution in [0.25, 0.3) is 0 Å². The van der Waals surface area contributed by atoms with E-state index in [4.69, 9.17) is 4.74 Å². The molecule has 150 valence electrons. The number of sulfonamides is 1. The van der Waals surface area contributed by atoms with Gasteiger partial charge in [-0.25, -0.2) is 8.42 Å². The average Bonchev–Trinajstić information content (AvgIpc) is 3.22. The summed E-state index contributed by atoms with van der Waals surface area (Å²) in [6.45, 7) is 0. The smallest absolute Gasteiger partial charge is 0.295 e. The summed E-state index contributed by atoms with van der Waals surface area (Å²) in [7, 11) is -2.52. The van der Waals surface area contributed by atoms with Gasteiger partial charge in [0.05, 0.1) is 23.1 Å². The van der Waals surface area contributed by atoms with E-state index >= 15 is 0 Å². The molecular weight excluding hydrogens is 416 g/mol. The van der Waals surface area contributed by atoms with Gasteiger partial charge in [0, 0.05) is 16.6 Å². The molecule has 11 heteroatoms. The Morgan fingerprint density at radius 2 is 1.93 bits per heavy atom. The molecule has 0 saturated heterocycles. The average molecular weight is 432 g/mol. The van der Waals surface area contributed by atoms with E-state index in [2.05, 4.69) is 15.2 Å². The number of nitro benzene ring substituents is 1. The van der Waals surface area contributed by atoms with Gasteiger partial charge in [-0.15, -0.1) is 11.3 Å². The van der Waals surface area contributed by atoms with Crippen LogP contribution in [0.4, 0.5) is 17.1 Å². The van der Waals surface area contributed by atoms with Gasteiger partial charge >= 0.3 is 0 Å². The topological polar surface area (TPSA) is 123 Å². The van der Waals surface area contributed by atoms with Gasteiger partial charge in [0.2, 0.25) is 0 Å². The van der Waals surface area contributed by atoms with Crippen LogP contribution in [0.1, 0.15) is 4.88 Å². The molecule has 2 aromatic carbocycles. The number of anilines is 2. The number of methoxy groups -OCH3 is 1. The standard InChI is InChI=1S/C18H16N4O5S2/c1-27-14-6-4-13(5-7-14)21-29(25,26)16-8-9-17(18(11-16)22(23)24)20-19-12-15-3-2-10-28-15/h2-12,20-21H,1H3/b19-12+. The fourth-order valence-electron chi connectivity index (χ4n) is 2.33. The van der Waals surface area contributed by atoms with Crippen LogP contribution < -0.4 is 14.9 Å². The van der Waals surface area contributed by atoms with E-state index in [1.165, 1.54) is 48.9 Å². The summed E-state index contributed by atoms with van der Waals surface area (Å²) in [5.74, 6) is 0.571. The third-order valence-electron chi connectivity index (χ3n) is 3.74. The second-order valence-electron chi connectivity index (χ2n) is 5.66. The van der Waals surface area contributed by atoms with Gasteiger partial charge in [-0.2, -0.15) is 5.10 Å². The van der Waals surface area contributed by atoms with Crippen molar-refractivity contribution in [1.82, 2.24) is 0 Å². The summed E-state index contributed by atoms with van der Waals surface area (Å²) in [6, 6.07) is 13.5. The number of hydrogen-bond donors (Lipinski definition) is 2. The number of nitrogens with zero attached hydrogens (tertiary/aromatic N) is 2. The summed E-state index contributed by atoms with van der Waals surface area (Å²) < 4.78 is 32.6. The zero-order valence-corrected chi connectivity index (χ0v) is 16.7. The fourth-order valence-corrected chi connectivity index (χ4v) is 3.99. The van der Waals surface area contributed by atoms with Crippen molar-refractivity contribution >= 4 is 44.6 Å². The summed E-state index contributed by atoms with van der Waals surface area (Å²) in [5.41, 5.74) is 2.55. The maximum Gasteiger partial charge on any atom is 0.295 e. The largest absolute Gasteiger partial charge is 0.497 e. The van der Waals surface area contributed by atoms with E-state index in [9.17, 15) is 18.5 Å². The minimum atomic E-state index is -4.02. The van der Waals surface area contributed by atoms with Crippen LogP contribution in [-0.2, 0) is 10.0 Å². The highest BCUT2D eigenvalue weighted by molar-refractivity contribution is 7.92. The zero-order chi connectivity index (χ0) is 20.9. The van der Waals surface area contributed by atoms with Crippen LogP contribution in [0.2, 0.25) is 0 Å². The molecule has 0 aliphatic carbocycles. The molecular formula is C18H16N4O5S2. The van der Waals surface area contributed by atoms with Crippen LogP contribution in [0.3, 0.4) is 0 Å². The Morgan fingerprint density at radius 1 is 1.17 bits per heavy atom. The van der Waals surface area contributed by atoms with Crippen molar-refractivity contribution in [3.63, 3.8) is 0 Å². The normalized spacial score (nSPS) is 11.3. The van der Waals surface area contributed by atoms with Crippen LogP contribution in [-0.4, -0.2) is 26.7 Å². The first-order valence-corrected chi connectivity index (χ1v) is 10.5. The molecule has 3 rings (SSSR count). The Bertz CT molecular complexity index is 1130. The number of rotatable bonds is 8. The lowest BCUT2D eigenvalue weighted by molar-refractivity contribution is -0.384. The monoisotopic (exact) mass is 432 g/mol. The number of nitrogens with one attached hydrogen (secondary N) is 2. The summed E-state index contributed by atoms with van der Waals surface area (Å²) in [6.07, 6.45) is 1.52. The van der Waals surface area contributed by atoms with Crippen molar-refractivity contribution < 1.29 is 18.1 Å². The van der Waals surface area contributed by atoms with Crippen molar-refractivity contribution in [2.45, 2.75) is 4.90 Å². The Morgan fingerprint density at radius 3 is 2.55 bits per heavy atom. The van der Waals surface area contributed by atoms with Crippen molar-refractivity contribution in [3.05, 3.63) is 75.0 Å². The molecule has 1 aromatic heterocycles. The van der Waals surface area contributed by atoms with Crippen LogP contribution in [0.15, 0.2) is 70.0 Å². The summed E-state index contributed by atoms with van der Waals surface area (Å²) in [5, 5.41) is 17.2. The zero-order valence-electron chi connectivity index (χ0n) is 15.1. The van der Waals surface area contributed by atoms with Gasteiger partial charge in [0.15, 0.2) is 0 Å². The third kappa shape index (κ3) is 5.09. The predicted octanol–water partition coefficient (Wildman–Crippen LogP) is 3.91. The second-order valence-corrected chi connectivity index (χ2v) is 8.32. The van der Waals surface area contributed by atoms with Crippen LogP contribution in [0.5, 0.6) is 5.75 Å². The van der Waals surface area contributed by atoms with Crippen molar-refractivity contribution in [3.8, 4) is 5.75 Å². The lowest BCUT2D eigenvalue weighted by atomic mass is 10.3. The van der Waals surface area contributed by atoms with Crippen molar-refractivity contribution in [2.75, 3.05) is 17.3 Å². The maximum absolute atomic E-state index is 12.6. The van der Waals surface area contributed by atoms with Crippen molar-refractivity contribution in [1.29, 1.82) is 0 Å². The molecule has 0 unspecified atom stereocenters. The van der Waals surface area contributed by atoms with Crippen molar-refractivity contribution in [2.24, 2.45) is 5.10 Å². The Labute approximate surface area is 170 Å². The van der Waals surface area contributed by atoms with Gasteiger partial charge < -0.3 is 4.74 Å². The van der Waals surface area contributed by atoms with Gasteiger partial charge in [0.1, 0.15) is 11.4 Å². The van der Waals surface area contributed by atoms with E-state index in [0.29, 0.717) is 11.4 Å². The molecule has 29 heavy (non-hydrogen) atoms. The van der Waals surface area contributed by atoms with E-state index in [1.807, 2.05) is 17.5 Å². The lowest BCUT2D eigenvalue weighted by Crippen LogP contribution is -2.13. The number of thiophene rings is 1. The van der Waals surface area contributed by atoms with Crippen LogP contribution >= 0.6 is 11.3 Å². The minimum absolute atomic E-state index is 0.0752. The van der Waals surface area contributed by atoms with Gasteiger partial charge in [-0.3, -0.25) is 20.3 Å². The number of hydrogen-bond acceptors (Lipinski definition) is 8. The Hall–Kier alpha value is -3.44. The third-order valence-corrected chi connectivity index (χ3v) is 5.92. The maximum atomic E-state index is 12.6. The molecule has 0 amide bonds. The SMILES string of the molecule is COc1ccc(NS(=O)(=O)c2ccc(N/N=C/c3cccs3)c([N+](=O)[O-])c2)cc1. The molecule has 0 aliphatic heterocycles. The van der Waals surface area contributed by atoms with E-state index in [0.717, 1.165) is 10.9 Å². The highest BCUT2D eigenvalue weighted by Gasteiger charge is 2.21. The molecule has 0 bridgehead atoms. The molecule has 0 spiro atoms. The van der Waals surface area contributed by atoms with E-state index in [1.54, 1.807) is 12.1 Å². The molecule has 1 heterocycles. The molecule has 0 aliphatic rings. The Kier molecular flexibility index (Phi) is 6.10. The quantitative estimate of drug-likeness (QED) is 0.316. The first kappa shape index (κ1) is 20.3. The van der Waals surface area contributed by atoms with E-state index in [-0.39, 0.29) is 10.6 Å². The van der Waals surface area contributed by atoms with Gasteiger partial charge in [-0.1, -0.05) is 6.07 Å². The lowest BCUT2D eigenvalue weighted by Gasteiger charge is -2.10. The van der Waals surface area contributed by atoms with Gasteiger partial charge in [-0.05, 0) is 47.8 Å². The summed E-state index contributed by atoms with van der Waals surface area (Å²) in [4.78, 5) is 11.4. The first-order chi connectivity index (χ1) is 13.9. The molecule has 0 radical (unpaired) electrons. The van der Waals surface area contributed by atoms with Gasteiger partial charge in [0.25, 0.3) is 15.7 Å². The highest BCUT2D eigenvalue weighted by Crippen LogP contribution is 2.29. The predicted molar refractivity (Wildman–Crippen MR) is 112 cm³/mol. The summed E-state index contributed by atoms with van der Waals surface area (Å²) >= 11 is 1.46. The highest BCUT2D eigenvalue weighted by atomic mass is 32.2. The minimum Gasteiger partial charge on any atom is -0.497 e. The number of hydrazone groups is 1. The van der Waals surface area contributed by atoms with Crippen LogP contribution in [0, 0.1) is 10.1 Å². The Balaban J connectivity index is 1.83. The molecule has 0 fully saturated rings. The second kappa shape index (κ2) is 8.71. The molecule has 9 nitrogen and oxygen atoms in total. The molecule has 2 N–H and O–H groups in total. The van der Waals surface area contributed by atoms with E-state index < -0.39 is 20.6 Å². The molecule has 3 aromatic rings. The fraction of sp³-hybridized carbons (Fsp3) is 0.0556. The first-order valence-electron chi connectivity index (χ1n) is 8.17. The molecule has 0 saturated carbocycles. The number of ether oxygens (including phenoxy) is 1.